The monoisotopic (exact) mass is 345 g/mol. The van der Waals surface area contributed by atoms with Gasteiger partial charge in [0.15, 0.2) is 0 Å². The average Bonchev–Trinajstić information content (AvgIpc) is 3.01. The zero-order valence-electron chi connectivity index (χ0n) is 12.5. The van der Waals surface area contributed by atoms with Gasteiger partial charge in [-0.3, -0.25) is 15.0 Å². The van der Waals surface area contributed by atoms with Crippen molar-refractivity contribution in [2.24, 2.45) is 0 Å². The topological polar surface area (TPSA) is 64.0 Å². The minimum atomic E-state index is -0.246. The number of nitrogens with zero attached hydrogens (tertiary/aromatic N) is 2. The van der Waals surface area contributed by atoms with Crippen LogP contribution in [0.4, 0.5) is 0 Å². The minimum absolute atomic E-state index is 0.234. The average molecular weight is 345 g/mol. The van der Waals surface area contributed by atoms with Crippen molar-refractivity contribution in [1.82, 2.24) is 9.66 Å². The van der Waals surface area contributed by atoms with Crippen molar-refractivity contribution in [2.45, 2.75) is 18.2 Å². The summed E-state index contributed by atoms with van der Waals surface area (Å²) in [6.07, 6.45) is 2.23. The second-order valence-electron chi connectivity index (χ2n) is 4.84. The molecule has 0 atom stereocenters. The molecule has 3 rings (SSSR count). The van der Waals surface area contributed by atoms with E-state index in [4.69, 9.17) is 0 Å². The third-order valence-electron chi connectivity index (χ3n) is 3.21. The molecule has 2 aromatic heterocycles. The number of carbonyl (C=O) groups excluding carboxylic acids is 1. The number of benzene rings is 1. The number of thiophene rings is 1. The molecule has 0 spiro atoms. The zero-order chi connectivity index (χ0) is 16.2. The molecule has 1 aromatic carbocycles. The van der Waals surface area contributed by atoms with E-state index >= 15 is 0 Å². The lowest BCUT2D eigenvalue weighted by Crippen LogP contribution is -2.33. The van der Waals surface area contributed by atoms with Gasteiger partial charge in [0.1, 0.15) is 11.2 Å². The van der Waals surface area contributed by atoms with E-state index in [0.29, 0.717) is 10.2 Å². The second kappa shape index (κ2) is 6.97. The van der Waals surface area contributed by atoms with Crippen LogP contribution in [0.15, 0.2) is 52.4 Å². The predicted molar refractivity (Wildman–Crippen MR) is 94.8 cm³/mol. The number of fused-ring (bicyclic) bond motifs is 1. The van der Waals surface area contributed by atoms with Gasteiger partial charge in [-0.2, -0.15) is 0 Å². The lowest BCUT2D eigenvalue weighted by Gasteiger charge is -2.07. The SMILES string of the molecule is CCc1cc2c(=O)n(NC(=O)CSc3ccccc3)cnc2s1. The van der Waals surface area contributed by atoms with Gasteiger partial charge in [0, 0.05) is 9.77 Å². The van der Waals surface area contributed by atoms with Crippen LogP contribution in [0.25, 0.3) is 10.2 Å². The molecule has 0 saturated heterocycles. The van der Waals surface area contributed by atoms with Crippen LogP contribution in [0, 0.1) is 0 Å². The highest BCUT2D eigenvalue weighted by molar-refractivity contribution is 8.00. The van der Waals surface area contributed by atoms with Gasteiger partial charge < -0.3 is 0 Å². The van der Waals surface area contributed by atoms with Gasteiger partial charge in [0.2, 0.25) is 5.91 Å². The van der Waals surface area contributed by atoms with Crippen molar-refractivity contribution in [3.63, 3.8) is 0 Å². The summed E-state index contributed by atoms with van der Waals surface area (Å²) in [6.45, 7) is 2.03. The van der Waals surface area contributed by atoms with Gasteiger partial charge >= 0.3 is 0 Å². The highest BCUT2D eigenvalue weighted by atomic mass is 32.2. The number of amides is 1. The molecule has 0 aliphatic heterocycles. The van der Waals surface area contributed by atoms with E-state index in [-0.39, 0.29) is 17.2 Å². The summed E-state index contributed by atoms with van der Waals surface area (Å²) >= 11 is 2.92. The number of aromatic nitrogens is 2. The van der Waals surface area contributed by atoms with Gasteiger partial charge in [-0.1, -0.05) is 25.1 Å². The first-order valence-electron chi connectivity index (χ1n) is 7.15. The van der Waals surface area contributed by atoms with Crippen LogP contribution in [0.1, 0.15) is 11.8 Å². The fourth-order valence-corrected chi connectivity index (χ4v) is 3.70. The van der Waals surface area contributed by atoms with E-state index in [1.807, 2.05) is 43.3 Å². The molecule has 0 bridgehead atoms. The first-order chi connectivity index (χ1) is 11.2. The maximum atomic E-state index is 12.4. The number of carbonyl (C=O) groups is 1. The summed E-state index contributed by atoms with van der Waals surface area (Å²) in [5.74, 6) is -0.00809. The molecule has 0 aliphatic rings. The number of thioether (sulfide) groups is 1. The number of nitrogens with one attached hydrogen (secondary N) is 1. The maximum absolute atomic E-state index is 12.4. The molecule has 118 valence electrons. The summed E-state index contributed by atoms with van der Waals surface area (Å²) in [7, 11) is 0. The molecule has 23 heavy (non-hydrogen) atoms. The number of rotatable bonds is 5. The molecule has 1 N–H and O–H groups in total. The fourth-order valence-electron chi connectivity index (χ4n) is 2.06. The Balaban J connectivity index is 1.72. The van der Waals surface area contributed by atoms with Crippen LogP contribution in [0.5, 0.6) is 0 Å². The Morgan fingerprint density at radius 1 is 1.35 bits per heavy atom. The lowest BCUT2D eigenvalue weighted by molar-refractivity contribution is -0.114. The first-order valence-corrected chi connectivity index (χ1v) is 8.95. The number of hydrogen-bond acceptors (Lipinski definition) is 5. The van der Waals surface area contributed by atoms with E-state index in [1.54, 1.807) is 0 Å². The number of hydrogen-bond donors (Lipinski definition) is 1. The Kier molecular flexibility index (Phi) is 4.78. The van der Waals surface area contributed by atoms with Crippen molar-refractivity contribution >= 4 is 39.2 Å². The normalized spacial score (nSPS) is 10.8. The second-order valence-corrected chi connectivity index (χ2v) is 7.01. The minimum Gasteiger partial charge on any atom is -0.272 e. The third kappa shape index (κ3) is 3.62. The quantitative estimate of drug-likeness (QED) is 0.722. The molecule has 0 fully saturated rings. The number of aryl methyl sites for hydroxylation is 1. The van der Waals surface area contributed by atoms with Crippen LogP contribution in [0.3, 0.4) is 0 Å². The molecule has 0 saturated carbocycles. The smallest absolute Gasteiger partial charge is 0.272 e. The Bertz CT molecular complexity index is 887. The Labute approximate surface area is 141 Å². The lowest BCUT2D eigenvalue weighted by atomic mass is 10.3. The van der Waals surface area contributed by atoms with E-state index in [1.165, 1.54) is 29.4 Å². The zero-order valence-corrected chi connectivity index (χ0v) is 14.1. The van der Waals surface area contributed by atoms with Crippen molar-refractivity contribution in [3.8, 4) is 0 Å². The molecule has 0 unspecified atom stereocenters. The van der Waals surface area contributed by atoms with Crippen molar-refractivity contribution in [2.75, 3.05) is 11.2 Å². The van der Waals surface area contributed by atoms with Crippen LogP contribution >= 0.6 is 23.1 Å². The summed E-state index contributed by atoms with van der Waals surface area (Å²) in [4.78, 5) is 31.5. The Morgan fingerprint density at radius 3 is 2.87 bits per heavy atom. The van der Waals surface area contributed by atoms with Crippen molar-refractivity contribution in [3.05, 3.63) is 58.0 Å². The molecule has 7 heteroatoms. The Hall–Kier alpha value is -2.12. The van der Waals surface area contributed by atoms with Gasteiger partial charge in [-0.15, -0.1) is 23.1 Å². The maximum Gasteiger partial charge on any atom is 0.280 e. The third-order valence-corrected chi connectivity index (χ3v) is 5.41. The summed E-state index contributed by atoms with van der Waals surface area (Å²) in [6, 6.07) is 11.5. The molecule has 0 aliphatic carbocycles. The summed E-state index contributed by atoms with van der Waals surface area (Å²) < 4.78 is 1.16. The molecule has 1 amide bonds. The molecular weight excluding hydrogens is 330 g/mol. The highest BCUT2D eigenvalue weighted by Gasteiger charge is 2.10. The van der Waals surface area contributed by atoms with Gasteiger partial charge in [0.25, 0.3) is 5.56 Å². The van der Waals surface area contributed by atoms with Crippen LogP contribution in [-0.4, -0.2) is 21.3 Å². The molecule has 2 heterocycles. The molecular formula is C16H15N3O2S2. The Morgan fingerprint density at radius 2 is 2.13 bits per heavy atom. The van der Waals surface area contributed by atoms with Crippen LogP contribution in [0.2, 0.25) is 0 Å². The standard InChI is InChI=1S/C16H15N3O2S2/c1-2-11-8-13-15(23-11)17-10-19(16(13)21)18-14(20)9-22-12-6-4-3-5-7-12/h3-8,10H,2,9H2,1H3,(H,18,20). The van der Waals surface area contributed by atoms with Crippen molar-refractivity contribution < 1.29 is 4.79 Å². The van der Waals surface area contributed by atoms with E-state index in [0.717, 1.165) is 20.9 Å². The van der Waals surface area contributed by atoms with E-state index < -0.39 is 0 Å². The largest absolute Gasteiger partial charge is 0.280 e. The molecule has 3 aromatic rings. The van der Waals surface area contributed by atoms with Gasteiger partial charge in [-0.05, 0) is 24.6 Å². The van der Waals surface area contributed by atoms with Crippen LogP contribution < -0.4 is 11.0 Å². The summed E-state index contributed by atoms with van der Waals surface area (Å²) in [5, 5.41) is 0.547. The van der Waals surface area contributed by atoms with Crippen molar-refractivity contribution in [1.29, 1.82) is 0 Å². The molecule has 0 radical (unpaired) electrons. The van der Waals surface area contributed by atoms with Crippen LogP contribution in [-0.2, 0) is 11.2 Å². The van der Waals surface area contributed by atoms with Gasteiger partial charge in [0.05, 0.1) is 11.1 Å². The first kappa shape index (κ1) is 15.8. The molecule has 5 nitrogen and oxygen atoms in total. The van der Waals surface area contributed by atoms with E-state index in [2.05, 4.69) is 10.4 Å². The predicted octanol–water partition coefficient (Wildman–Crippen LogP) is 2.88. The summed E-state index contributed by atoms with van der Waals surface area (Å²) in [5.41, 5.74) is 2.34. The van der Waals surface area contributed by atoms with E-state index in [9.17, 15) is 9.59 Å². The van der Waals surface area contributed by atoms with Gasteiger partial charge in [-0.25, -0.2) is 9.66 Å². The highest BCUT2D eigenvalue weighted by Crippen LogP contribution is 2.21. The fraction of sp³-hybridized carbons (Fsp3) is 0.188.